The van der Waals surface area contributed by atoms with Crippen molar-refractivity contribution in [1.29, 1.82) is 0 Å². The van der Waals surface area contributed by atoms with Gasteiger partial charge in [0.05, 0.1) is 12.1 Å². The zero-order valence-electron chi connectivity index (χ0n) is 15.9. The van der Waals surface area contributed by atoms with Gasteiger partial charge in [-0.1, -0.05) is 0 Å². The van der Waals surface area contributed by atoms with Gasteiger partial charge in [-0.3, -0.25) is 4.79 Å². The molecule has 3 rings (SSSR count). The summed E-state index contributed by atoms with van der Waals surface area (Å²) in [6, 6.07) is 2.37. The normalized spacial score (nSPS) is 25.7. The van der Waals surface area contributed by atoms with Crippen LogP contribution in [0, 0.1) is 6.92 Å². The number of likely N-dealkylation sites (tertiary alicyclic amines) is 2. The maximum Gasteiger partial charge on any atom is 0.219 e. The molecule has 3 heterocycles. The van der Waals surface area contributed by atoms with Gasteiger partial charge in [0, 0.05) is 50.9 Å². The van der Waals surface area contributed by atoms with Crippen molar-refractivity contribution in [3.63, 3.8) is 0 Å². The summed E-state index contributed by atoms with van der Waals surface area (Å²) in [5.74, 6) is 0.948. The first-order chi connectivity index (χ1) is 12.4. The van der Waals surface area contributed by atoms with Gasteiger partial charge in [0.25, 0.3) is 0 Å². The Morgan fingerprint density at radius 3 is 2.77 bits per heavy atom. The number of aliphatic hydroxyl groups is 1. The molecule has 2 N–H and O–H groups in total. The molecule has 1 unspecified atom stereocenters. The van der Waals surface area contributed by atoms with E-state index < -0.39 is 5.60 Å². The van der Waals surface area contributed by atoms with E-state index in [-0.39, 0.29) is 5.91 Å². The minimum Gasteiger partial charge on any atom is -0.387 e. The van der Waals surface area contributed by atoms with Crippen molar-refractivity contribution in [2.24, 2.45) is 0 Å². The van der Waals surface area contributed by atoms with Crippen LogP contribution in [0.5, 0.6) is 0 Å². The van der Waals surface area contributed by atoms with E-state index in [1.807, 2.05) is 13.0 Å². The Balaban J connectivity index is 1.50. The lowest BCUT2D eigenvalue weighted by atomic mass is 9.95. The van der Waals surface area contributed by atoms with Gasteiger partial charge in [0.2, 0.25) is 5.91 Å². The third kappa shape index (κ3) is 5.14. The Hall–Kier alpha value is -1.73. The van der Waals surface area contributed by atoms with Crippen molar-refractivity contribution >= 4 is 11.7 Å². The van der Waals surface area contributed by atoms with Crippen LogP contribution in [0.25, 0.3) is 0 Å². The number of nitrogens with one attached hydrogen (secondary N) is 1. The van der Waals surface area contributed by atoms with E-state index >= 15 is 0 Å². The van der Waals surface area contributed by atoms with Crippen LogP contribution < -0.4 is 5.32 Å². The number of carbonyl (C=O) groups is 1. The second kappa shape index (κ2) is 8.31. The summed E-state index contributed by atoms with van der Waals surface area (Å²) in [5, 5.41) is 14.6. The SMILES string of the molecule is CC(=O)N1CCCCC(O)(CN2CCC(Nc3cc(C)ncn3)CC2)C1. The summed E-state index contributed by atoms with van der Waals surface area (Å²) in [6.45, 7) is 7.33. The third-order valence-corrected chi connectivity index (χ3v) is 5.51. The van der Waals surface area contributed by atoms with Crippen LogP contribution in [-0.4, -0.2) is 75.1 Å². The lowest BCUT2D eigenvalue weighted by Gasteiger charge is -2.39. The lowest BCUT2D eigenvalue weighted by Crippen LogP contribution is -2.53. The molecule has 0 bridgehead atoms. The molecule has 1 amide bonds. The number of piperidine rings is 1. The lowest BCUT2D eigenvalue weighted by molar-refractivity contribution is -0.132. The topological polar surface area (TPSA) is 81.6 Å². The second-order valence-corrected chi connectivity index (χ2v) is 7.86. The Kier molecular flexibility index (Phi) is 6.09. The highest BCUT2D eigenvalue weighted by atomic mass is 16.3. The second-order valence-electron chi connectivity index (χ2n) is 7.86. The van der Waals surface area contributed by atoms with E-state index in [1.54, 1.807) is 18.2 Å². The molecule has 1 aromatic rings. The molecule has 144 valence electrons. The average molecular weight is 361 g/mol. The molecule has 2 aliphatic heterocycles. The highest BCUT2D eigenvalue weighted by Crippen LogP contribution is 2.24. The fourth-order valence-electron chi connectivity index (χ4n) is 4.06. The molecule has 0 saturated carbocycles. The fourth-order valence-corrected chi connectivity index (χ4v) is 4.06. The van der Waals surface area contributed by atoms with E-state index in [1.165, 1.54) is 0 Å². The van der Waals surface area contributed by atoms with E-state index in [2.05, 4.69) is 20.2 Å². The van der Waals surface area contributed by atoms with Gasteiger partial charge in [0.1, 0.15) is 12.1 Å². The number of nitrogens with zero attached hydrogens (tertiary/aromatic N) is 4. The number of aryl methyl sites for hydroxylation is 1. The van der Waals surface area contributed by atoms with Crippen molar-refractivity contribution in [1.82, 2.24) is 19.8 Å². The average Bonchev–Trinajstić information content (AvgIpc) is 2.79. The molecule has 2 fully saturated rings. The molecule has 26 heavy (non-hydrogen) atoms. The molecule has 0 radical (unpaired) electrons. The predicted octanol–water partition coefficient (Wildman–Crippen LogP) is 1.42. The van der Waals surface area contributed by atoms with Crippen molar-refractivity contribution in [2.45, 2.75) is 57.6 Å². The number of amides is 1. The minimum absolute atomic E-state index is 0.0633. The molecule has 1 aromatic heterocycles. The van der Waals surface area contributed by atoms with E-state index in [0.29, 0.717) is 19.1 Å². The number of β-amino-alcohol motifs (C(OH)–C–C–N with tert-alkyl or cyclic N) is 1. The number of hydrogen-bond donors (Lipinski definition) is 2. The number of anilines is 1. The summed E-state index contributed by atoms with van der Waals surface area (Å²) in [6.07, 6.45) is 6.37. The van der Waals surface area contributed by atoms with Gasteiger partial charge in [-0.2, -0.15) is 0 Å². The van der Waals surface area contributed by atoms with Crippen LogP contribution in [0.3, 0.4) is 0 Å². The van der Waals surface area contributed by atoms with Crippen molar-refractivity contribution < 1.29 is 9.90 Å². The Labute approximate surface area is 155 Å². The van der Waals surface area contributed by atoms with Gasteiger partial charge >= 0.3 is 0 Å². The zero-order chi connectivity index (χ0) is 18.6. The minimum atomic E-state index is -0.786. The summed E-state index contributed by atoms with van der Waals surface area (Å²) in [7, 11) is 0. The summed E-state index contributed by atoms with van der Waals surface area (Å²) >= 11 is 0. The number of aromatic nitrogens is 2. The molecule has 7 heteroatoms. The largest absolute Gasteiger partial charge is 0.387 e. The van der Waals surface area contributed by atoms with Crippen molar-refractivity contribution in [3.05, 3.63) is 18.1 Å². The highest BCUT2D eigenvalue weighted by Gasteiger charge is 2.35. The van der Waals surface area contributed by atoms with Crippen LogP contribution in [0.4, 0.5) is 5.82 Å². The first-order valence-corrected chi connectivity index (χ1v) is 9.69. The number of hydrogen-bond acceptors (Lipinski definition) is 6. The molecule has 2 saturated heterocycles. The molecule has 0 aliphatic carbocycles. The van der Waals surface area contributed by atoms with E-state index in [4.69, 9.17) is 0 Å². The molecule has 1 atom stereocenters. The van der Waals surface area contributed by atoms with Crippen LogP contribution >= 0.6 is 0 Å². The molecule has 0 aromatic carbocycles. The van der Waals surface area contributed by atoms with Crippen molar-refractivity contribution in [3.8, 4) is 0 Å². The molecule has 0 spiro atoms. The Bertz CT molecular complexity index is 618. The van der Waals surface area contributed by atoms with Gasteiger partial charge in [-0.05, 0) is 39.0 Å². The van der Waals surface area contributed by atoms with Gasteiger partial charge in [-0.25, -0.2) is 9.97 Å². The maximum atomic E-state index is 11.8. The predicted molar refractivity (Wildman–Crippen MR) is 101 cm³/mol. The van der Waals surface area contributed by atoms with Crippen LogP contribution in [0.1, 0.15) is 44.7 Å². The summed E-state index contributed by atoms with van der Waals surface area (Å²) < 4.78 is 0. The van der Waals surface area contributed by atoms with E-state index in [9.17, 15) is 9.90 Å². The monoisotopic (exact) mass is 361 g/mol. The molecular weight excluding hydrogens is 330 g/mol. The number of carbonyl (C=O) groups excluding carboxylic acids is 1. The molecule has 7 nitrogen and oxygen atoms in total. The standard InChI is InChI=1S/C19H31N5O2/c1-15-11-18(21-14-20-15)22-17-5-9-23(10-6-17)12-19(26)7-3-4-8-24(13-19)16(2)25/h11,14,17,26H,3-10,12-13H2,1-2H3,(H,20,21,22). The first kappa shape index (κ1) is 19.0. The quantitative estimate of drug-likeness (QED) is 0.844. The van der Waals surface area contributed by atoms with Gasteiger partial charge < -0.3 is 20.2 Å². The molecular formula is C19H31N5O2. The highest BCUT2D eigenvalue weighted by molar-refractivity contribution is 5.73. The van der Waals surface area contributed by atoms with E-state index in [0.717, 1.165) is 63.3 Å². The maximum absolute atomic E-state index is 11.8. The van der Waals surface area contributed by atoms with Crippen LogP contribution in [0.2, 0.25) is 0 Å². The fraction of sp³-hybridized carbons (Fsp3) is 0.737. The summed E-state index contributed by atoms with van der Waals surface area (Å²) in [5.41, 5.74) is 0.178. The van der Waals surface area contributed by atoms with Crippen molar-refractivity contribution in [2.75, 3.05) is 38.0 Å². The van der Waals surface area contributed by atoms with Gasteiger partial charge in [0.15, 0.2) is 0 Å². The smallest absolute Gasteiger partial charge is 0.219 e. The number of rotatable bonds is 4. The zero-order valence-corrected chi connectivity index (χ0v) is 15.9. The third-order valence-electron chi connectivity index (χ3n) is 5.51. The Morgan fingerprint density at radius 2 is 2.08 bits per heavy atom. The Morgan fingerprint density at radius 1 is 1.31 bits per heavy atom. The molecule has 2 aliphatic rings. The van der Waals surface area contributed by atoms with Crippen LogP contribution in [-0.2, 0) is 4.79 Å². The van der Waals surface area contributed by atoms with Gasteiger partial charge in [-0.15, -0.1) is 0 Å². The summed E-state index contributed by atoms with van der Waals surface area (Å²) in [4.78, 5) is 24.3. The van der Waals surface area contributed by atoms with Crippen LogP contribution in [0.15, 0.2) is 12.4 Å². The first-order valence-electron chi connectivity index (χ1n) is 9.69.